The first-order valence-electron chi connectivity index (χ1n) is 9.90. The summed E-state index contributed by atoms with van der Waals surface area (Å²) in [5, 5.41) is 5.67. The maximum absolute atomic E-state index is 12.3. The Morgan fingerprint density at radius 3 is 2.86 bits per heavy atom. The molecule has 0 bridgehead atoms. The van der Waals surface area contributed by atoms with E-state index in [1.807, 2.05) is 18.2 Å². The van der Waals surface area contributed by atoms with Gasteiger partial charge in [0, 0.05) is 31.4 Å². The van der Waals surface area contributed by atoms with E-state index in [2.05, 4.69) is 34.4 Å². The van der Waals surface area contributed by atoms with Crippen LogP contribution in [-0.2, 0) is 17.8 Å². The van der Waals surface area contributed by atoms with Crippen LogP contribution in [0.3, 0.4) is 0 Å². The molecule has 7 heteroatoms. The molecule has 1 N–H and O–H groups in total. The Kier molecular flexibility index (Phi) is 5.82. The molecule has 2 aromatic rings. The van der Waals surface area contributed by atoms with Gasteiger partial charge in [-0.1, -0.05) is 19.9 Å². The lowest BCUT2D eigenvalue weighted by Gasteiger charge is -2.34. The Hall–Kier alpha value is -2.12. The van der Waals surface area contributed by atoms with Gasteiger partial charge in [-0.2, -0.15) is 0 Å². The smallest absolute Gasteiger partial charge is 0.231 e. The van der Waals surface area contributed by atoms with Gasteiger partial charge in [0.2, 0.25) is 12.7 Å². The van der Waals surface area contributed by atoms with Gasteiger partial charge in [0.1, 0.15) is 0 Å². The number of amides is 1. The van der Waals surface area contributed by atoms with E-state index in [0.717, 1.165) is 54.2 Å². The number of fused-ring (bicyclic) bond motifs is 1. The number of anilines is 1. The number of nitrogens with one attached hydrogen (secondary N) is 1. The summed E-state index contributed by atoms with van der Waals surface area (Å²) in [6, 6.07) is 5.81. The molecule has 2 aliphatic heterocycles. The van der Waals surface area contributed by atoms with Gasteiger partial charge >= 0.3 is 0 Å². The average molecular weight is 402 g/mol. The lowest BCUT2D eigenvalue weighted by Crippen LogP contribution is -2.38. The number of rotatable bonds is 6. The van der Waals surface area contributed by atoms with E-state index >= 15 is 0 Å². The van der Waals surface area contributed by atoms with Crippen molar-refractivity contribution >= 4 is 22.4 Å². The minimum atomic E-state index is -0.0150. The summed E-state index contributed by atoms with van der Waals surface area (Å²) in [5.74, 6) is 2.97. The molecule has 0 unspecified atom stereocenters. The molecule has 0 radical (unpaired) electrons. The van der Waals surface area contributed by atoms with Gasteiger partial charge < -0.3 is 14.8 Å². The molecule has 0 aliphatic carbocycles. The molecule has 1 amide bonds. The maximum atomic E-state index is 12.3. The molecule has 6 nitrogen and oxygen atoms in total. The Balaban J connectivity index is 1.26. The third kappa shape index (κ3) is 4.83. The first-order valence-corrected chi connectivity index (χ1v) is 10.8. The van der Waals surface area contributed by atoms with Crippen molar-refractivity contribution in [2.24, 2.45) is 11.8 Å². The number of thiazole rings is 1. The van der Waals surface area contributed by atoms with E-state index in [-0.39, 0.29) is 12.7 Å². The molecule has 2 atom stereocenters. The molecule has 1 fully saturated rings. The predicted octanol–water partition coefficient (Wildman–Crippen LogP) is 3.92. The molecular formula is C21H27N3O3S. The van der Waals surface area contributed by atoms with Crippen LogP contribution in [0.1, 0.15) is 37.9 Å². The second-order valence-corrected chi connectivity index (χ2v) is 8.88. The van der Waals surface area contributed by atoms with E-state index in [1.165, 1.54) is 17.8 Å². The van der Waals surface area contributed by atoms with Crippen LogP contribution in [0.5, 0.6) is 11.5 Å². The summed E-state index contributed by atoms with van der Waals surface area (Å²) >= 11 is 1.50. The van der Waals surface area contributed by atoms with Gasteiger partial charge in [0.05, 0.1) is 5.69 Å². The number of piperidine rings is 1. The highest BCUT2D eigenvalue weighted by atomic mass is 32.1. The van der Waals surface area contributed by atoms with Crippen molar-refractivity contribution in [3.8, 4) is 11.5 Å². The van der Waals surface area contributed by atoms with Crippen molar-refractivity contribution in [2.75, 3.05) is 25.2 Å². The summed E-state index contributed by atoms with van der Waals surface area (Å²) in [4.78, 5) is 19.4. The van der Waals surface area contributed by atoms with Crippen LogP contribution in [0.25, 0.3) is 0 Å². The number of carbonyl (C=O) groups excluding carboxylic acids is 1. The number of aryl methyl sites for hydroxylation is 1. The normalized spacial score (nSPS) is 21.6. The topological polar surface area (TPSA) is 63.7 Å². The van der Waals surface area contributed by atoms with Crippen molar-refractivity contribution in [3.63, 3.8) is 0 Å². The highest BCUT2D eigenvalue weighted by Crippen LogP contribution is 2.32. The first-order chi connectivity index (χ1) is 13.5. The van der Waals surface area contributed by atoms with Crippen LogP contribution < -0.4 is 14.8 Å². The number of nitrogens with zero attached hydrogens (tertiary/aromatic N) is 2. The van der Waals surface area contributed by atoms with Gasteiger partial charge in [-0.3, -0.25) is 9.69 Å². The summed E-state index contributed by atoms with van der Waals surface area (Å²) in [6.07, 6.45) is 2.37. The lowest BCUT2D eigenvalue weighted by molar-refractivity contribution is -0.116. The Morgan fingerprint density at radius 2 is 2.04 bits per heavy atom. The molecule has 3 heterocycles. The molecule has 1 aromatic carbocycles. The minimum Gasteiger partial charge on any atom is -0.454 e. The van der Waals surface area contributed by atoms with Crippen LogP contribution in [0.2, 0.25) is 0 Å². The Bertz CT molecular complexity index is 828. The molecule has 1 saturated heterocycles. The molecule has 2 aliphatic rings. The second-order valence-electron chi connectivity index (χ2n) is 8.02. The fraction of sp³-hybridized carbons (Fsp3) is 0.524. The molecule has 4 rings (SSSR count). The van der Waals surface area contributed by atoms with Gasteiger partial charge in [-0.05, 0) is 42.4 Å². The van der Waals surface area contributed by atoms with Crippen LogP contribution in [0, 0.1) is 11.8 Å². The Morgan fingerprint density at radius 1 is 1.25 bits per heavy atom. The quantitative estimate of drug-likeness (QED) is 0.795. The maximum Gasteiger partial charge on any atom is 0.231 e. The predicted molar refractivity (Wildman–Crippen MR) is 110 cm³/mol. The number of carbonyl (C=O) groups is 1. The molecule has 0 saturated carbocycles. The fourth-order valence-corrected chi connectivity index (χ4v) is 4.84. The van der Waals surface area contributed by atoms with Crippen molar-refractivity contribution in [2.45, 2.75) is 39.7 Å². The molecule has 1 aromatic heterocycles. The van der Waals surface area contributed by atoms with Crippen LogP contribution in [0.4, 0.5) is 5.13 Å². The molecule has 0 spiro atoms. The van der Waals surface area contributed by atoms with Gasteiger partial charge in [0.15, 0.2) is 16.6 Å². The van der Waals surface area contributed by atoms with Crippen molar-refractivity contribution in [1.29, 1.82) is 0 Å². The standard InChI is InChI=1S/C21H27N3O3S/c1-14-7-15(2)10-24(9-14)11-17-12-28-21(22-17)23-20(25)6-4-16-3-5-18-19(8-16)27-13-26-18/h3,5,8,12,14-15H,4,6-7,9-11,13H2,1-2H3,(H,22,23,25)/t14-,15+. The summed E-state index contributed by atoms with van der Waals surface area (Å²) in [7, 11) is 0. The van der Waals surface area contributed by atoms with Gasteiger partial charge in [-0.25, -0.2) is 4.98 Å². The van der Waals surface area contributed by atoms with Crippen molar-refractivity contribution in [3.05, 3.63) is 34.8 Å². The SMILES string of the molecule is C[C@@H]1C[C@H](C)CN(Cc2csc(NC(=O)CCc3ccc4c(c3)OCO4)n2)C1. The van der Waals surface area contributed by atoms with E-state index in [0.29, 0.717) is 18.0 Å². The number of hydrogen-bond donors (Lipinski definition) is 1. The summed E-state index contributed by atoms with van der Waals surface area (Å²) < 4.78 is 10.7. The highest BCUT2D eigenvalue weighted by Gasteiger charge is 2.22. The third-order valence-corrected chi connectivity index (χ3v) is 6.01. The minimum absolute atomic E-state index is 0.0150. The largest absolute Gasteiger partial charge is 0.454 e. The number of aromatic nitrogens is 1. The monoisotopic (exact) mass is 401 g/mol. The van der Waals surface area contributed by atoms with Gasteiger partial charge in [0.25, 0.3) is 0 Å². The van der Waals surface area contributed by atoms with Crippen LogP contribution in [0.15, 0.2) is 23.6 Å². The molecular weight excluding hydrogens is 374 g/mol. The number of hydrogen-bond acceptors (Lipinski definition) is 6. The van der Waals surface area contributed by atoms with Gasteiger partial charge in [-0.15, -0.1) is 11.3 Å². The zero-order valence-corrected chi connectivity index (χ0v) is 17.3. The van der Waals surface area contributed by atoms with Crippen molar-refractivity contribution in [1.82, 2.24) is 9.88 Å². The number of benzene rings is 1. The summed E-state index contributed by atoms with van der Waals surface area (Å²) in [6.45, 7) is 8.00. The first kappa shape index (κ1) is 19.2. The summed E-state index contributed by atoms with van der Waals surface area (Å²) in [5.41, 5.74) is 2.10. The molecule has 28 heavy (non-hydrogen) atoms. The average Bonchev–Trinajstić information content (AvgIpc) is 3.28. The number of ether oxygens (including phenoxy) is 2. The zero-order valence-electron chi connectivity index (χ0n) is 16.4. The van der Waals surface area contributed by atoms with Crippen molar-refractivity contribution < 1.29 is 14.3 Å². The fourth-order valence-electron chi connectivity index (χ4n) is 4.12. The van der Waals surface area contributed by atoms with E-state index in [9.17, 15) is 4.79 Å². The van der Waals surface area contributed by atoms with E-state index < -0.39 is 0 Å². The Labute approximate surface area is 169 Å². The van der Waals surface area contributed by atoms with E-state index in [1.54, 1.807) is 0 Å². The lowest BCUT2D eigenvalue weighted by atomic mass is 9.92. The van der Waals surface area contributed by atoms with Crippen LogP contribution >= 0.6 is 11.3 Å². The van der Waals surface area contributed by atoms with E-state index in [4.69, 9.17) is 9.47 Å². The highest BCUT2D eigenvalue weighted by molar-refractivity contribution is 7.13. The second kappa shape index (κ2) is 8.49. The third-order valence-electron chi connectivity index (χ3n) is 5.21. The molecule has 150 valence electrons. The van der Waals surface area contributed by atoms with Crippen LogP contribution in [-0.4, -0.2) is 35.7 Å². The number of likely N-dealkylation sites (tertiary alicyclic amines) is 1. The zero-order chi connectivity index (χ0) is 19.5.